The molecule has 22 heavy (non-hydrogen) atoms. The van der Waals surface area contributed by atoms with Gasteiger partial charge in [-0.3, -0.25) is 14.7 Å². The zero-order valence-corrected chi connectivity index (χ0v) is 11.8. The van der Waals surface area contributed by atoms with Crippen LogP contribution in [0.2, 0.25) is 0 Å². The summed E-state index contributed by atoms with van der Waals surface area (Å²) < 4.78 is 9.53. The van der Waals surface area contributed by atoms with Crippen molar-refractivity contribution < 1.29 is 19.1 Å². The second kappa shape index (κ2) is 7.11. The van der Waals surface area contributed by atoms with E-state index in [0.29, 0.717) is 11.3 Å². The summed E-state index contributed by atoms with van der Waals surface area (Å²) in [5.41, 5.74) is 0.708. The molecule has 8 nitrogen and oxygen atoms in total. The predicted octanol–water partition coefficient (Wildman–Crippen LogP) is 1.17. The minimum Gasteiger partial charge on any atom is -0.434 e. The number of hydrogen-bond acceptors (Lipinski definition) is 5. The smallest absolute Gasteiger partial charge is 0.434 e. The summed E-state index contributed by atoms with van der Waals surface area (Å²) in [4.78, 5) is 34.0. The summed E-state index contributed by atoms with van der Waals surface area (Å²) in [6, 6.07) is 7.37. The van der Waals surface area contributed by atoms with Crippen molar-refractivity contribution in [3.8, 4) is 5.75 Å². The summed E-state index contributed by atoms with van der Waals surface area (Å²) >= 11 is 0. The fourth-order valence-corrected chi connectivity index (χ4v) is 1.66. The Morgan fingerprint density at radius 3 is 2.50 bits per heavy atom. The second-order valence-corrected chi connectivity index (χ2v) is 4.28. The number of rotatable bonds is 5. The highest BCUT2D eigenvalue weighted by Gasteiger charge is 2.08. The van der Waals surface area contributed by atoms with E-state index >= 15 is 0 Å². The first-order valence-electron chi connectivity index (χ1n) is 6.58. The first-order valence-corrected chi connectivity index (χ1v) is 6.58. The van der Waals surface area contributed by atoms with Crippen LogP contribution in [0.25, 0.3) is 0 Å². The highest BCUT2D eigenvalue weighted by atomic mass is 16.7. The van der Waals surface area contributed by atoms with Gasteiger partial charge in [-0.25, -0.2) is 4.79 Å². The van der Waals surface area contributed by atoms with Gasteiger partial charge < -0.3 is 19.9 Å². The topological polar surface area (TPSA) is 113 Å². The molecule has 2 rings (SSSR count). The van der Waals surface area contributed by atoms with Gasteiger partial charge in [0.1, 0.15) is 5.75 Å². The van der Waals surface area contributed by atoms with Crippen LogP contribution in [0.3, 0.4) is 0 Å². The third-order valence-corrected chi connectivity index (χ3v) is 2.67. The predicted molar refractivity (Wildman–Crippen MR) is 76.7 cm³/mol. The molecular formula is C14H15N3O5. The van der Waals surface area contributed by atoms with E-state index in [1.165, 1.54) is 30.3 Å². The summed E-state index contributed by atoms with van der Waals surface area (Å²) in [5.74, 6) is -0.0327. The maximum atomic E-state index is 11.9. The van der Waals surface area contributed by atoms with E-state index in [1.807, 2.05) is 0 Å². The van der Waals surface area contributed by atoms with Gasteiger partial charge in [-0.15, -0.1) is 0 Å². The van der Waals surface area contributed by atoms with Crippen LogP contribution in [0.1, 0.15) is 23.0 Å². The lowest BCUT2D eigenvalue weighted by molar-refractivity contribution is 0.0950. The minimum absolute atomic E-state index is 0.193. The van der Waals surface area contributed by atoms with Crippen LogP contribution in [-0.4, -0.2) is 28.9 Å². The number of hydrogen-bond donors (Lipinski definition) is 3. The Balaban J connectivity index is 1.90. The molecule has 8 heteroatoms. The number of carbonyl (C=O) groups is 2. The molecule has 0 aliphatic heterocycles. The molecule has 0 saturated heterocycles. The molecule has 3 N–H and O–H groups in total. The summed E-state index contributed by atoms with van der Waals surface area (Å²) in [5, 5.41) is 7.65. The van der Waals surface area contributed by atoms with E-state index in [9.17, 15) is 14.4 Å². The van der Waals surface area contributed by atoms with Crippen molar-refractivity contribution in [1.29, 1.82) is 0 Å². The standard InChI is InChI=1S/C14H15N3O5/c1-2-21-14(20)22-11-5-3-9(4-6-11)13(19)15-8-10-7-12(18)17-16-10/h3-7H,2,8H2,1H3,(H,15,19)(H2,16,17,18). The number of benzene rings is 1. The third kappa shape index (κ3) is 4.23. The van der Waals surface area contributed by atoms with Crippen molar-refractivity contribution in [2.75, 3.05) is 6.61 Å². The molecule has 116 valence electrons. The number of ether oxygens (including phenoxy) is 2. The molecular weight excluding hydrogens is 290 g/mol. The quantitative estimate of drug-likeness (QED) is 0.567. The third-order valence-electron chi connectivity index (χ3n) is 2.67. The average Bonchev–Trinajstić information content (AvgIpc) is 2.91. The van der Waals surface area contributed by atoms with Crippen LogP contribution in [0.15, 0.2) is 35.1 Å². The lowest BCUT2D eigenvalue weighted by atomic mass is 10.2. The summed E-state index contributed by atoms with van der Waals surface area (Å²) in [6.07, 6.45) is -0.795. The maximum absolute atomic E-state index is 11.9. The van der Waals surface area contributed by atoms with E-state index in [4.69, 9.17) is 4.74 Å². The van der Waals surface area contributed by atoms with Crippen molar-refractivity contribution in [2.24, 2.45) is 0 Å². The number of aromatic amines is 2. The second-order valence-electron chi connectivity index (χ2n) is 4.28. The monoisotopic (exact) mass is 305 g/mol. The van der Waals surface area contributed by atoms with Crippen molar-refractivity contribution in [3.63, 3.8) is 0 Å². The molecule has 0 radical (unpaired) electrons. The van der Waals surface area contributed by atoms with Crippen LogP contribution in [-0.2, 0) is 11.3 Å². The normalized spacial score (nSPS) is 10.0. The first-order chi connectivity index (χ1) is 10.6. The Bertz CT molecular complexity index is 702. The van der Waals surface area contributed by atoms with Gasteiger partial charge in [-0.1, -0.05) is 0 Å². The Morgan fingerprint density at radius 2 is 1.91 bits per heavy atom. The molecule has 0 saturated carbocycles. The Hall–Kier alpha value is -3.03. The van der Waals surface area contributed by atoms with Gasteiger partial charge in [0.2, 0.25) is 0 Å². The lowest BCUT2D eigenvalue weighted by Gasteiger charge is -2.06. The highest BCUT2D eigenvalue weighted by molar-refractivity contribution is 5.94. The van der Waals surface area contributed by atoms with Crippen molar-refractivity contribution in [1.82, 2.24) is 15.5 Å². The Labute approximate surface area is 125 Å². The first kappa shape index (κ1) is 15.4. The van der Waals surface area contributed by atoms with E-state index in [-0.39, 0.29) is 30.4 Å². The van der Waals surface area contributed by atoms with Gasteiger partial charge >= 0.3 is 6.16 Å². The van der Waals surface area contributed by atoms with Gasteiger partial charge in [-0.05, 0) is 31.2 Å². The maximum Gasteiger partial charge on any atom is 0.513 e. The zero-order chi connectivity index (χ0) is 15.9. The molecule has 0 atom stereocenters. The van der Waals surface area contributed by atoms with Crippen LogP contribution in [0.5, 0.6) is 5.75 Å². The molecule has 0 spiro atoms. The number of H-pyrrole nitrogens is 2. The highest BCUT2D eigenvalue weighted by Crippen LogP contribution is 2.13. The molecule has 1 aromatic heterocycles. The number of aromatic nitrogens is 2. The van der Waals surface area contributed by atoms with Gasteiger partial charge in [0.25, 0.3) is 11.5 Å². The fourth-order valence-electron chi connectivity index (χ4n) is 1.66. The Morgan fingerprint density at radius 1 is 1.18 bits per heavy atom. The van der Waals surface area contributed by atoms with Gasteiger partial charge in [0.15, 0.2) is 0 Å². The largest absolute Gasteiger partial charge is 0.513 e. The van der Waals surface area contributed by atoms with Crippen LogP contribution >= 0.6 is 0 Å². The molecule has 1 amide bonds. The summed E-state index contributed by atoms with van der Waals surface area (Å²) in [7, 11) is 0. The van der Waals surface area contributed by atoms with Crippen molar-refractivity contribution in [3.05, 3.63) is 51.9 Å². The van der Waals surface area contributed by atoms with Gasteiger partial charge in [-0.2, -0.15) is 0 Å². The molecule has 0 aliphatic carbocycles. The lowest BCUT2D eigenvalue weighted by Crippen LogP contribution is -2.23. The van der Waals surface area contributed by atoms with Crippen LogP contribution < -0.4 is 15.6 Å². The molecule has 0 unspecified atom stereocenters. The average molecular weight is 305 g/mol. The van der Waals surface area contributed by atoms with Crippen molar-refractivity contribution >= 4 is 12.1 Å². The fraction of sp³-hybridized carbons (Fsp3) is 0.214. The Kier molecular flexibility index (Phi) is 4.97. The molecule has 0 aliphatic rings. The van der Waals surface area contributed by atoms with E-state index in [1.54, 1.807) is 6.92 Å². The SMILES string of the molecule is CCOC(=O)Oc1ccc(C(=O)NCc2cc(=O)[nH][nH]2)cc1. The molecule has 0 bridgehead atoms. The molecule has 0 fully saturated rings. The van der Waals surface area contributed by atoms with E-state index in [0.717, 1.165) is 0 Å². The number of amides is 1. The van der Waals surface area contributed by atoms with E-state index < -0.39 is 6.16 Å². The van der Waals surface area contributed by atoms with Gasteiger partial charge in [0, 0.05) is 11.6 Å². The van der Waals surface area contributed by atoms with Crippen molar-refractivity contribution in [2.45, 2.75) is 13.5 Å². The van der Waals surface area contributed by atoms with E-state index in [2.05, 4.69) is 20.3 Å². The number of nitrogens with one attached hydrogen (secondary N) is 3. The van der Waals surface area contributed by atoms with Crippen LogP contribution in [0, 0.1) is 0 Å². The molecule has 2 aromatic rings. The van der Waals surface area contributed by atoms with Gasteiger partial charge in [0.05, 0.1) is 18.8 Å². The van der Waals surface area contributed by atoms with Crippen LogP contribution in [0.4, 0.5) is 4.79 Å². The molecule has 1 aromatic carbocycles. The summed E-state index contributed by atoms with van der Waals surface area (Å²) in [6.45, 7) is 2.09. The molecule has 1 heterocycles. The zero-order valence-electron chi connectivity index (χ0n) is 11.8. The number of carbonyl (C=O) groups excluding carboxylic acids is 2. The minimum atomic E-state index is -0.795.